The number of carbonyl (C=O) groups is 2. The summed E-state index contributed by atoms with van der Waals surface area (Å²) in [5.41, 5.74) is 1.94. The van der Waals surface area contributed by atoms with Crippen LogP contribution in [0.3, 0.4) is 0 Å². The Morgan fingerprint density at radius 3 is 2.29 bits per heavy atom. The summed E-state index contributed by atoms with van der Waals surface area (Å²) in [5.74, 6) is 0.128. The third kappa shape index (κ3) is 4.98. The molecule has 0 bridgehead atoms. The van der Waals surface area contributed by atoms with Gasteiger partial charge in [-0.05, 0) is 55.0 Å². The molecular weight excluding hydrogens is 306 g/mol. The molecular formula is C19H19NO4. The summed E-state index contributed by atoms with van der Waals surface area (Å²) >= 11 is 0. The number of amides is 1. The molecule has 1 N–H and O–H groups in total. The molecule has 0 saturated heterocycles. The van der Waals surface area contributed by atoms with E-state index >= 15 is 0 Å². The molecule has 0 aliphatic carbocycles. The molecule has 0 heterocycles. The Morgan fingerprint density at radius 2 is 1.71 bits per heavy atom. The van der Waals surface area contributed by atoms with Crippen LogP contribution in [-0.4, -0.2) is 25.6 Å². The van der Waals surface area contributed by atoms with Crippen LogP contribution >= 0.6 is 0 Å². The van der Waals surface area contributed by atoms with Crippen LogP contribution in [0.1, 0.15) is 22.8 Å². The Morgan fingerprint density at radius 1 is 1.04 bits per heavy atom. The summed E-state index contributed by atoms with van der Waals surface area (Å²) in [6.07, 6.45) is 3.16. The van der Waals surface area contributed by atoms with E-state index in [1.165, 1.54) is 6.08 Å². The first-order chi connectivity index (χ1) is 11.6. The van der Waals surface area contributed by atoms with Crippen molar-refractivity contribution in [2.75, 3.05) is 19.0 Å². The van der Waals surface area contributed by atoms with E-state index in [0.717, 1.165) is 11.3 Å². The first-order valence-electron chi connectivity index (χ1n) is 7.52. The normalized spacial score (nSPS) is 10.4. The van der Waals surface area contributed by atoms with Crippen molar-refractivity contribution in [3.05, 3.63) is 65.7 Å². The predicted molar refractivity (Wildman–Crippen MR) is 93.1 cm³/mol. The molecule has 2 rings (SSSR count). The molecule has 0 fully saturated rings. The molecule has 0 aliphatic rings. The highest BCUT2D eigenvalue weighted by Crippen LogP contribution is 2.13. The van der Waals surface area contributed by atoms with Crippen LogP contribution < -0.4 is 10.1 Å². The van der Waals surface area contributed by atoms with Gasteiger partial charge in [-0.1, -0.05) is 12.1 Å². The SMILES string of the molecule is CCOC(=O)c1ccc(NC(=O)C=Cc2ccc(OC)cc2)cc1. The quantitative estimate of drug-likeness (QED) is 0.652. The third-order valence-electron chi connectivity index (χ3n) is 3.21. The first kappa shape index (κ1) is 17.3. The number of hydrogen-bond acceptors (Lipinski definition) is 4. The van der Waals surface area contributed by atoms with Crippen LogP contribution in [0.5, 0.6) is 5.75 Å². The molecule has 0 saturated carbocycles. The van der Waals surface area contributed by atoms with Crippen LogP contribution in [0.4, 0.5) is 5.69 Å². The van der Waals surface area contributed by atoms with Crippen molar-refractivity contribution in [1.29, 1.82) is 0 Å². The first-order valence-corrected chi connectivity index (χ1v) is 7.52. The Hall–Kier alpha value is -3.08. The summed E-state index contributed by atoms with van der Waals surface area (Å²) in [4.78, 5) is 23.5. The number of nitrogens with one attached hydrogen (secondary N) is 1. The van der Waals surface area contributed by atoms with Crippen molar-refractivity contribution in [2.24, 2.45) is 0 Å². The van der Waals surface area contributed by atoms with Gasteiger partial charge in [0.2, 0.25) is 5.91 Å². The largest absolute Gasteiger partial charge is 0.497 e. The molecule has 0 radical (unpaired) electrons. The number of methoxy groups -OCH3 is 1. The topological polar surface area (TPSA) is 64.6 Å². The molecule has 5 nitrogen and oxygen atoms in total. The zero-order valence-corrected chi connectivity index (χ0v) is 13.6. The van der Waals surface area contributed by atoms with Crippen LogP contribution in [0.2, 0.25) is 0 Å². The molecule has 0 aromatic heterocycles. The number of anilines is 1. The molecule has 2 aromatic rings. The van der Waals surface area contributed by atoms with Gasteiger partial charge in [0, 0.05) is 11.8 Å². The minimum absolute atomic E-state index is 0.255. The number of hydrogen-bond donors (Lipinski definition) is 1. The second-order valence-electron chi connectivity index (χ2n) is 4.89. The lowest BCUT2D eigenvalue weighted by Gasteiger charge is -2.04. The van der Waals surface area contributed by atoms with Gasteiger partial charge in [-0.2, -0.15) is 0 Å². The number of esters is 1. The summed E-state index contributed by atoms with van der Waals surface area (Å²) in [6.45, 7) is 2.08. The van der Waals surface area contributed by atoms with E-state index < -0.39 is 0 Å². The van der Waals surface area contributed by atoms with Crippen LogP contribution in [0, 0.1) is 0 Å². The molecule has 0 unspecified atom stereocenters. The van der Waals surface area contributed by atoms with Crippen molar-refractivity contribution >= 4 is 23.6 Å². The molecule has 2 aromatic carbocycles. The van der Waals surface area contributed by atoms with E-state index in [2.05, 4.69) is 5.32 Å². The zero-order valence-electron chi connectivity index (χ0n) is 13.6. The van der Waals surface area contributed by atoms with Gasteiger partial charge in [0.1, 0.15) is 5.75 Å². The summed E-state index contributed by atoms with van der Waals surface area (Å²) in [7, 11) is 1.60. The van der Waals surface area contributed by atoms with Gasteiger partial charge in [0.15, 0.2) is 0 Å². The summed E-state index contributed by atoms with van der Waals surface area (Å²) < 4.78 is 9.99. The van der Waals surface area contributed by atoms with Gasteiger partial charge in [-0.15, -0.1) is 0 Å². The fourth-order valence-corrected chi connectivity index (χ4v) is 1.97. The third-order valence-corrected chi connectivity index (χ3v) is 3.21. The average Bonchev–Trinajstić information content (AvgIpc) is 2.61. The van der Waals surface area contributed by atoms with E-state index in [4.69, 9.17) is 9.47 Å². The summed E-state index contributed by atoms with van der Waals surface area (Å²) in [6, 6.07) is 13.9. The van der Waals surface area contributed by atoms with E-state index in [-0.39, 0.29) is 11.9 Å². The molecule has 5 heteroatoms. The van der Waals surface area contributed by atoms with Crippen molar-refractivity contribution in [2.45, 2.75) is 6.92 Å². The maximum atomic E-state index is 11.9. The van der Waals surface area contributed by atoms with Gasteiger partial charge in [0.25, 0.3) is 0 Å². The Balaban J connectivity index is 1.93. The van der Waals surface area contributed by atoms with Crippen molar-refractivity contribution < 1.29 is 19.1 Å². The standard InChI is InChI=1S/C19H19NO4/c1-3-24-19(22)15-7-9-16(10-8-15)20-18(21)13-6-14-4-11-17(23-2)12-5-14/h4-13H,3H2,1-2H3,(H,20,21). The maximum Gasteiger partial charge on any atom is 0.338 e. The number of benzene rings is 2. The van der Waals surface area contributed by atoms with Gasteiger partial charge in [-0.25, -0.2) is 4.79 Å². The minimum Gasteiger partial charge on any atom is -0.497 e. The lowest BCUT2D eigenvalue weighted by Crippen LogP contribution is -2.08. The second-order valence-corrected chi connectivity index (χ2v) is 4.89. The van der Waals surface area contributed by atoms with Gasteiger partial charge in [-0.3, -0.25) is 4.79 Å². The van der Waals surface area contributed by atoms with Gasteiger partial charge < -0.3 is 14.8 Å². The van der Waals surface area contributed by atoms with E-state index in [1.54, 1.807) is 44.4 Å². The van der Waals surface area contributed by atoms with Crippen molar-refractivity contribution in [1.82, 2.24) is 0 Å². The highest BCUT2D eigenvalue weighted by Gasteiger charge is 2.06. The predicted octanol–water partition coefficient (Wildman–Crippen LogP) is 3.52. The van der Waals surface area contributed by atoms with Crippen LogP contribution in [-0.2, 0) is 9.53 Å². The molecule has 24 heavy (non-hydrogen) atoms. The smallest absolute Gasteiger partial charge is 0.338 e. The van der Waals surface area contributed by atoms with Crippen LogP contribution in [0.15, 0.2) is 54.6 Å². The molecule has 0 aliphatic heterocycles. The fraction of sp³-hybridized carbons (Fsp3) is 0.158. The maximum absolute atomic E-state index is 11.9. The number of ether oxygens (including phenoxy) is 2. The van der Waals surface area contributed by atoms with E-state index in [1.807, 2.05) is 24.3 Å². The Kier molecular flexibility index (Phi) is 6.14. The lowest BCUT2D eigenvalue weighted by atomic mass is 10.2. The molecule has 1 amide bonds. The number of carbonyl (C=O) groups excluding carboxylic acids is 2. The van der Waals surface area contributed by atoms with Gasteiger partial charge in [0.05, 0.1) is 19.3 Å². The highest BCUT2D eigenvalue weighted by molar-refractivity contribution is 6.02. The lowest BCUT2D eigenvalue weighted by molar-refractivity contribution is -0.111. The fourth-order valence-electron chi connectivity index (χ4n) is 1.97. The van der Waals surface area contributed by atoms with Crippen molar-refractivity contribution in [3.63, 3.8) is 0 Å². The number of rotatable bonds is 6. The van der Waals surface area contributed by atoms with E-state index in [0.29, 0.717) is 17.9 Å². The van der Waals surface area contributed by atoms with Gasteiger partial charge >= 0.3 is 5.97 Å². The molecule has 0 spiro atoms. The average molecular weight is 325 g/mol. The zero-order chi connectivity index (χ0) is 17.4. The molecule has 0 atom stereocenters. The van der Waals surface area contributed by atoms with Crippen molar-refractivity contribution in [3.8, 4) is 5.75 Å². The van der Waals surface area contributed by atoms with E-state index in [9.17, 15) is 9.59 Å². The highest BCUT2D eigenvalue weighted by atomic mass is 16.5. The Bertz CT molecular complexity index is 718. The second kappa shape index (κ2) is 8.53. The minimum atomic E-state index is -0.380. The Labute approximate surface area is 140 Å². The monoisotopic (exact) mass is 325 g/mol. The summed E-state index contributed by atoms with van der Waals surface area (Å²) in [5, 5.41) is 2.73. The van der Waals surface area contributed by atoms with Crippen LogP contribution in [0.25, 0.3) is 6.08 Å². The molecule has 124 valence electrons.